The quantitative estimate of drug-likeness (QED) is 0.453. The number of carboxylic acid groups (broad SMARTS) is 1. The van der Waals surface area contributed by atoms with Gasteiger partial charge in [-0.05, 0) is 48.6 Å². The van der Waals surface area contributed by atoms with E-state index in [-0.39, 0.29) is 54.6 Å². The molecule has 0 radical (unpaired) electrons. The Labute approximate surface area is 233 Å². The average molecular weight is 552 g/mol. The Hall–Kier alpha value is -3.47. The number of hydrogen-bond acceptors (Lipinski definition) is 7. The van der Waals surface area contributed by atoms with E-state index in [2.05, 4.69) is 24.0 Å². The highest BCUT2D eigenvalue weighted by molar-refractivity contribution is 5.71. The third kappa shape index (κ3) is 5.84. The summed E-state index contributed by atoms with van der Waals surface area (Å²) in [5, 5.41) is 9.48. The van der Waals surface area contributed by atoms with E-state index in [1.54, 1.807) is 14.2 Å². The van der Waals surface area contributed by atoms with Crippen LogP contribution in [0.1, 0.15) is 36.9 Å². The van der Waals surface area contributed by atoms with E-state index >= 15 is 0 Å². The Kier molecular flexibility index (Phi) is 8.39. The normalized spacial score (nSPS) is 24.2. The summed E-state index contributed by atoms with van der Waals surface area (Å²) in [5.41, 5.74) is 2.73. The van der Waals surface area contributed by atoms with E-state index in [1.807, 2.05) is 24.3 Å². The van der Waals surface area contributed by atoms with Crippen molar-refractivity contribution in [3.63, 3.8) is 0 Å². The second-order valence-electron chi connectivity index (χ2n) is 10.8. The number of benzene rings is 1. The number of aromatic nitrogens is 2. The van der Waals surface area contributed by atoms with Crippen molar-refractivity contribution >= 4 is 5.97 Å². The molecule has 1 N–H and O–H groups in total. The van der Waals surface area contributed by atoms with Crippen LogP contribution in [0, 0.1) is 5.92 Å². The molecule has 0 saturated heterocycles. The molecular formula is C30H37N3O7. The highest BCUT2D eigenvalue weighted by atomic mass is 16.5. The smallest absolute Gasteiger partial charge is 0.330 e. The number of nitrogens with zero attached hydrogens (tertiary/aromatic N) is 3. The number of carbonyl (C=O) groups is 1. The summed E-state index contributed by atoms with van der Waals surface area (Å²) in [4.78, 5) is 38.3. The zero-order valence-corrected chi connectivity index (χ0v) is 23.2. The summed E-state index contributed by atoms with van der Waals surface area (Å²) in [6.07, 6.45) is 8.93. The third-order valence-corrected chi connectivity index (χ3v) is 8.33. The standard InChI is InChI=1S/C30H37N3O7/c1-19(21-5-7-25-22(15-21)9-12-39-25)33(24-16-23(17-24)29(35)36)18-20-4-6-26(27(14-20)38-3)40-13-11-32-28(34)8-10-31(2)30(32)37/h4-8,10,14-15,19,23-24,26-27H,9,11-13,16-18H2,1-3H3,(H,35,36)/t19?,23-,24-,26?,27?. The van der Waals surface area contributed by atoms with E-state index in [4.69, 9.17) is 14.2 Å². The van der Waals surface area contributed by atoms with Crippen molar-refractivity contribution in [3.8, 4) is 5.75 Å². The van der Waals surface area contributed by atoms with Gasteiger partial charge in [0.2, 0.25) is 0 Å². The van der Waals surface area contributed by atoms with Crippen LogP contribution in [0.2, 0.25) is 0 Å². The van der Waals surface area contributed by atoms with Crippen molar-refractivity contribution in [3.05, 3.63) is 86.2 Å². The number of aryl methyl sites for hydroxylation is 1. The molecule has 0 amide bonds. The number of fused-ring (bicyclic) bond motifs is 1. The molecule has 5 rings (SSSR count). The number of hydrogen-bond donors (Lipinski definition) is 1. The van der Waals surface area contributed by atoms with Gasteiger partial charge in [-0.3, -0.25) is 19.1 Å². The van der Waals surface area contributed by atoms with Crippen LogP contribution in [-0.4, -0.2) is 70.2 Å². The van der Waals surface area contributed by atoms with Crippen LogP contribution < -0.4 is 16.0 Å². The highest BCUT2D eigenvalue weighted by Gasteiger charge is 2.40. The molecular weight excluding hydrogens is 514 g/mol. The highest BCUT2D eigenvalue weighted by Crippen LogP contribution is 2.39. The van der Waals surface area contributed by atoms with Gasteiger partial charge in [0.05, 0.1) is 25.7 Å². The molecule has 40 heavy (non-hydrogen) atoms. The molecule has 1 aromatic heterocycles. The minimum absolute atomic E-state index is 0.0849. The Morgan fingerprint density at radius 2 is 2.02 bits per heavy atom. The summed E-state index contributed by atoms with van der Waals surface area (Å²) in [6, 6.07) is 7.96. The van der Waals surface area contributed by atoms with Gasteiger partial charge in [-0.1, -0.05) is 24.3 Å². The van der Waals surface area contributed by atoms with Gasteiger partial charge in [-0.2, -0.15) is 0 Å². The van der Waals surface area contributed by atoms with Crippen LogP contribution in [0.3, 0.4) is 0 Å². The minimum Gasteiger partial charge on any atom is -0.493 e. The maximum atomic E-state index is 12.3. The van der Waals surface area contributed by atoms with Gasteiger partial charge < -0.3 is 23.9 Å². The van der Waals surface area contributed by atoms with Crippen LogP contribution >= 0.6 is 0 Å². The van der Waals surface area contributed by atoms with Crippen LogP contribution in [0.5, 0.6) is 5.75 Å². The molecule has 0 spiro atoms. The van der Waals surface area contributed by atoms with Gasteiger partial charge in [0, 0.05) is 51.5 Å². The molecule has 214 valence electrons. The van der Waals surface area contributed by atoms with Gasteiger partial charge in [0.25, 0.3) is 5.56 Å². The minimum atomic E-state index is -0.731. The molecule has 1 aromatic carbocycles. The van der Waals surface area contributed by atoms with Crippen molar-refractivity contribution in [1.29, 1.82) is 0 Å². The molecule has 1 aliphatic heterocycles. The van der Waals surface area contributed by atoms with Crippen LogP contribution in [-0.2, 0) is 34.3 Å². The van der Waals surface area contributed by atoms with Gasteiger partial charge >= 0.3 is 11.7 Å². The molecule has 3 unspecified atom stereocenters. The Morgan fingerprint density at radius 1 is 1.23 bits per heavy atom. The van der Waals surface area contributed by atoms with Gasteiger partial charge in [-0.15, -0.1) is 0 Å². The Balaban J connectivity index is 1.27. The zero-order chi connectivity index (χ0) is 28.4. The molecule has 10 heteroatoms. The van der Waals surface area contributed by atoms with E-state index in [0.29, 0.717) is 26.0 Å². The SMILES string of the molecule is COC1C=C(CN(C(C)c2ccc3c(c2)CCO3)[C@H]2C[C@H](C(=O)O)C2)C=CC1OCCn1c(=O)ccn(C)c1=O. The van der Waals surface area contributed by atoms with Gasteiger partial charge in [-0.25, -0.2) is 4.79 Å². The van der Waals surface area contributed by atoms with E-state index < -0.39 is 5.97 Å². The van der Waals surface area contributed by atoms with Crippen molar-refractivity contribution in [2.45, 2.75) is 57.0 Å². The summed E-state index contributed by atoms with van der Waals surface area (Å²) < 4.78 is 19.9. The van der Waals surface area contributed by atoms with Crippen molar-refractivity contribution in [2.24, 2.45) is 13.0 Å². The molecule has 1 fully saturated rings. The van der Waals surface area contributed by atoms with Crippen molar-refractivity contribution in [2.75, 3.05) is 26.9 Å². The van der Waals surface area contributed by atoms with Gasteiger partial charge in [0.15, 0.2) is 0 Å². The van der Waals surface area contributed by atoms with Crippen LogP contribution in [0.15, 0.2) is 63.9 Å². The molecule has 0 bridgehead atoms. The van der Waals surface area contributed by atoms with Gasteiger partial charge in [0.1, 0.15) is 18.0 Å². The summed E-state index contributed by atoms with van der Waals surface area (Å²) in [5.74, 6) is -0.0886. The number of carboxylic acids is 1. The zero-order valence-electron chi connectivity index (χ0n) is 23.2. The first-order valence-electron chi connectivity index (χ1n) is 13.8. The lowest BCUT2D eigenvalue weighted by Crippen LogP contribution is -2.48. The number of rotatable bonds is 11. The number of methoxy groups -OCH3 is 1. The van der Waals surface area contributed by atoms with E-state index in [0.717, 1.165) is 22.3 Å². The second kappa shape index (κ2) is 12.0. The molecule has 10 nitrogen and oxygen atoms in total. The molecule has 2 heterocycles. The monoisotopic (exact) mass is 551 g/mol. The Morgan fingerprint density at radius 3 is 2.77 bits per heavy atom. The lowest BCUT2D eigenvalue weighted by molar-refractivity contribution is -0.147. The number of ether oxygens (including phenoxy) is 3. The molecule has 3 aliphatic rings. The van der Waals surface area contributed by atoms with E-state index in [9.17, 15) is 19.5 Å². The topological polar surface area (TPSA) is 112 Å². The molecule has 2 aromatic rings. The first-order valence-corrected chi connectivity index (χ1v) is 13.8. The first kappa shape index (κ1) is 28.1. The molecule has 3 atom stereocenters. The maximum absolute atomic E-state index is 12.3. The predicted molar refractivity (Wildman–Crippen MR) is 149 cm³/mol. The number of aliphatic carboxylic acids is 1. The van der Waals surface area contributed by atoms with Crippen molar-refractivity contribution in [1.82, 2.24) is 14.0 Å². The second-order valence-corrected chi connectivity index (χ2v) is 10.8. The van der Waals surface area contributed by atoms with Crippen molar-refractivity contribution < 1.29 is 24.1 Å². The maximum Gasteiger partial charge on any atom is 0.330 e. The summed E-state index contributed by atoms with van der Waals surface area (Å²) >= 11 is 0. The summed E-state index contributed by atoms with van der Waals surface area (Å²) in [7, 11) is 3.23. The lowest BCUT2D eigenvalue weighted by atomic mass is 9.78. The lowest BCUT2D eigenvalue weighted by Gasteiger charge is -2.45. The predicted octanol–water partition coefficient (Wildman–Crippen LogP) is 2.30. The fourth-order valence-electron chi connectivity index (χ4n) is 5.76. The first-order chi connectivity index (χ1) is 19.2. The van der Waals surface area contributed by atoms with Crippen LogP contribution in [0.25, 0.3) is 0 Å². The largest absolute Gasteiger partial charge is 0.493 e. The molecule has 2 aliphatic carbocycles. The molecule has 1 saturated carbocycles. The van der Waals surface area contributed by atoms with Crippen LogP contribution in [0.4, 0.5) is 0 Å². The Bertz CT molecular complexity index is 1420. The fourth-order valence-corrected chi connectivity index (χ4v) is 5.76. The fraction of sp³-hybridized carbons (Fsp3) is 0.500. The summed E-state index contributed by atoms with van der Waals surface area (Å²) in [6.45, 7) is 3.85. The van der Waals surface area contributed by atoms with E-state index in [1.165, 1.54) is 28.0 Å². The average Bonchev–Trinajstić information content (AvgIpc) is 3.39. The third-order valence-electron chi connectivity index (χ3n) is 8.33.